The number of nitrogens with one attached hydrogen (secondary N) is 1. The second-order valence-corrected chi connectivity index (χ2v) is 10.9. The molecule has 0 saturated heterocycles. The third-order valence-corrected chi connectivity index (χ3v) is 7.92. The summed E-state index contributed by atoms with van der Waals surface area (Å²) in [6.45, 7) is 2.46. The fourth-order valence-corrected chi connectivity index (χ4v) is 5.21. The monoisotopic (exact) mass is 506 g/mol. The lowest BCUT2D eigenvalue weighted by molar-refractivity contribution is 0.104. The van der Waals surface area contributed by atoms with Crippen LogP contribution in [-0.2, 0) is 17.6 Å². The molecule has 1 aliphatic carbocycles. The van der Waals surface area contributed by atoms with Crippen LogP contribution in [0.25, 0.3) is 0 Å². The highest BCUT2D eigenvalue weighted by atomic mass is 31.1. The summed E-state index contributed by atoms with van der Waals surface area (Å²) in [5, 5.41) is 31.7. The zero-order valence-corrected chi connectivity index (χ0v) is 21.1. The number of hydrogen-bond acceptors (Lipinski definition) is 7. The van der Waals surface area contributed by atoms with Gasteiger partial charge in [-0.2, -0.15) is 4.89 Å². The minimum absolute atomic E-state index is 0.00524. The molecule has 1 aliphatic rings. The van der Waals surface area contributed by atoms with Crippen molar-refractivity contribution in [2.24, 2.45) is 0 Å². The first-order valence-electron chi connectivity index (χ1n) is 12.2. The van der Waals surface area contributed by atoms with E-state index in [-0.39, 0.29) is 31.6 Å². The molecule has 0 heterocycles. The van der Waals surface area contributed by atoms with Crippen LogP contribution in [0.5, 0.6) is 17.2 Å². The topological polar surface area (TPSA) is 128 Å². The van der Waals surface area contributed by atoms with Gasteiger partial charge >= 0.3 is 8.03 Å². The summed E-state index contributed by atoms with van der Waals surface area (Å²) >= 11 is 0. The van der Waals surface area contributed by atoms with E-state index in [1.165, 1.54) is 6.07 Å². The minimum atomic E-state index is -2.28. The van der Waals surface area contributed by atoms with Crippen molar-refractivity contribution in [3.63, 3.8) is 0 Å². The molecule has 0 amide bonds. The Balaban J connectivity index is 1.39. The maximum atomic E-state index is 12.0. The second kappa shape index (κ2) is 13.2. The Bertz CT molecular complexity index is 947. The van der Waals surface area contributed by atoms with Crippen LogP contribution < -0.4 is 14.8 Å². The maximum absolute atomic E-state index is 12.0. The van der Waals surface area contributed by atoms with Crippen LogP contribution >= 0.6 is 8.03 Å². The fourth-order valence-electron chi connectivity index (χ4n) is 4.33. The number of phenols is 1. The number of aliphatic hydroxyl groups excluding tert-OH is 2. The molecule has 3 rings (SSSR count). The van der Waals surface area contributed by atoms with Crippen molar-refractivity contribution in [2.75, 3.05) is 19.8 Å². The summed E-state index contributed by atoms with van der Waals surface area (Å²) in [6.07, 6.45) is 4.56. The molecule has 2 aromatic rings. The van der Waals surface area contributed by atoms with Crippen LogP contribution in [0.1, 0.15) is 50.2 Å². The summed E-state index contributed by atoms with van der Waals surface area (Å²) in [5.41, 5.74) is 1.49. The highest BCUT2D eigenvalue weighted by Crippen LogP contribution is 2.46. The van der Waals surface area contributed by atoms with E-state index >= 15 is 0 Å². The maximum Gasteiger partial charge on any atom is 0.515 e. The van der Waals surface area contributed by atoms with Crippen LogP contribution in [0.2, 0.25) is 0 Å². The smallest absolute Gasteiger partial charge is 0.508 e. The third kappa shape index (κ3) is 8.16. The molecule has 35 heavy (non-hydrogen) atoms. The summed E-state index contributed by atoms with van der Waals surface area (Å²) in [4.78, 5) is 9.84. The molecule has 0 bridgehead atoms. The van der Waals surface area contributed by atoms with Gasteiger partial charge in [0, 0.05) is 31.0 Å². The molecule has 3 unspecified atom stereocenters. The summed E-state index contributed by atoms with van der Waals surface area (Å²) in [6, 6.07) is 12.5. The van der Waals surface area contributed by atoms with Gasteiger partial charge in [-0.05, 0) is 66.6 Å². The van der Waals surface area contributed by atoms with Crippen molar-refractivity contribution in [3.8, 4) is 17.2 Å². The molecule has 5 N–H and O–H groups in total. The number of aliphatic hydroxyl groups is 2. The van der Waals surface area contributed by atoms with Gasteiger partial charge < -0.3 is 30.1 Å². The lowest BCUT2D eigenvalue weighted by atomic mass is 9.89. The minimum Gasteiger partial charge on any atom is -0.508 e. The van der Waals surface area contributed by atoms with Gasteiger partial charge in [0.25, 0.3) is 0 Å². The Kier molecular flexibility index (Phi) is 10.3. The van der Waals surface area contributed by atoms with Crippen LogP contribution in [0.4, 0.5) is 0 Å². The predicted molar refractivity (Wildman–Crippen MR) is 134 cm³/mol. The van der Waals surface area contributed by atoms with Crippen molar-refractivity contribution in [1.29, 1.82) is 0 Å². The number of hydrogen-bond donors (Lipinski definition) is 5. The van der Waals surface area contributed by atoms with Crippen LogP contribution in [0.3, 0.4) is 0 Å². The fraction of sp³-hybridized carbons (Fsp3) is 0.538. The Labute approximate surface area is 207 Å². The summed E-state index contributed by atoms with van der Waals surface area (Å²) in [7, 11) is -2.28. The van der Waals surface area contributed by atoms with E-state index in [1.54, 1.807) is 12.1 Å². The van der Waals surface area contributed by atoms with Gasteiger partial charge in [-0.3, -0.25) is 0 Å². The molecule has 0 radical (unpaired) electrons. The van der Waals surface area contributed by atoms with E-state index < -0.39 is 19.3 Å². The van der Waals surface area contributed by atoms with Crippen molar-refractivity contribution < 1.29 is 34.3 Å². The van der Waals surface area contributed by atoms with Gasteiger partial charge in [0.1, 0.15) is 36.6 Å². The molecule has 192 valence electrons. The standard InChI is InChI=1S/C26H36NO7P/c1-19(27-15-22(29)17-33-24-9-10-25(30)21(14-24)16-28)13-20-5-7-23(8-6-20)34-18-26(35(31)32)11-3-2-4-12-26/h5-10,14,19,22,27-29H,2-4,11-13,15-18H2,1H3,(H-,30,31,32)/p+1. The first-order valence-corrected chi connectivity index (χ1v) is 13.4. The van der Waals surface area contributed by atoms with Crippen molar-refractivity contribution in [1.82, 2.24) is 5.32 Å². The van der Waals surface area contributed by atoms with Gasteiger partial charge in [0.2, 0.25) is 5.16 Å². The molecule has 2 aromatic carbocycles. The molecule has 9 heteroatoms. The molecule has 8 nitrogen and oxygen atoms in total. The molecule has 1 saturated carbocycles. The molecule has 3 atom stereocenters. The molecule has 0 spiro atoms. The molecular weight excluding hydrogens is 469 g/mol. The van der Waals surface area contributed by atoms with Crippen LogP contribution in [0, 0.1) is 0 Å². The number of benzene rings is 2. The van der Waals surface area contributed by atoms with E-state index in [9.17, 15) is 24.8 Å². The average molecular weight is 507 g/mol. The summed E-state index contributed by atoms with van der Waals surface area (Å²) in [5.74, 6) is 1.18. The zero-order valence-electron chi connectivity index (χ0n) is 20.2. The van der Waals surface area contributed by atoms with Gasteiger partial charge in [-0.25, -0.2) is 0 Å². The van der Waals surface area contributed by atoms with Crippen LogP contribution in [-0.4, -0.2) is 57.3 Å². The number of rotatable bonds is 13. The van der Waals surface area contributed by atoms with E-state index in [1.807, 2.05) is 31.2 Å². The zero-order chi connectivity index (χ0) is 25.3. The Morgan fingerprint density at radius 1 is 1.06 bits per heavy atom. The van der Waals surface area contributed by atoms with Crippen molar-refractivity contribution >= 4 is 8.03 Å². The summed E-state index contributed by atoms with van der Waals surface area (Å²) < 4.78 is 23.4. The first kappa shape index (κ1) is 27.4. The Morgan fingerprint density at radius 2 is 1.74 bits per heavy atom. The van der Waals surface area contributed by atoms with Gasteiger partial charge in [-0.1, -0.05) is 18.6 Å². The van der Waals surface area contributed by atoms with Gasteiger partial charge in [0.05, 0.1) is 6.61 Å². The van der Waals surface area contributed by atoms with E-state index in [0.717, 1.165) is 44.1 Å². The Hall–Kier alpha value is -2.22. The van der Waals surface area contributed by atoms with Gasteiger partial charge in [-0.15, -0.1) is 0 Å². The van der Waals surface area contributed by atoms with E-state index in [0.29, 0.717) is 23.6 Å². The predicted octanol–water partition coefficient (Wildman–Crippen LogP) is 3.66. The largest absolute Gasteiger partial charge is 0.515 e. The molecule has 1 fully saturated rings. The number of aromatic hydroxyl groups is 1. The van der Waals surface area contributed by atoms with E-state index in [2.05, 4.69) is 5.32 Å². The quantitative estimate of drug-likeness (QED) is 0.261. The average Bonchev–Trinajstić information content (AvgIpc) is 2.87. The normalized spacial score (nSPS) is 17.4. The SMILES string of the molecule is CC(Cc1ccc(OCC2([P+](=O)O)CCCCC2)cc1)NCC(O)COc1ccc(O)c(CO)c1. The molecule has 0 aliphatic heterocycles. The lowest BCUT2D eigenvalue weighted by Gasteiger charge is -2.25. The highest BCUT2D eigenvalue weighted by Gasteiger charge is 2.50. The Morgan fingerprint density at radius 3 is 2.40 bits per heavy atom. The molecule has 0 aromatic heterocycles. The molecular formula is C26H37NO7P+. The first-order chi connectivity index (χ1) is 16.8. The second-order valence-electron chi connectivity index (χ2n) is 9.42. The highest BCUT2D eigenvalue weighted by molar-refractivity contribution is 7.40. The lowest BCUT2D eigenvalue weighted by Crippen LogP contribution is -2.37. The van der Waals surface area contributed by atoms with Crippen molar-refractivity contribution in [2.45, 2.75) is 69.4 Å². The van der Waals surface area contributed by atoms with E-state index in [4.69, 9.17) is 9.47 Å². The van der Waals surface area contributed by atoms with Crippen molar-refractivity contribution in [3.05, 3.63) is 53.6 Å². The van der Waals surface area contributed by atoms with Crippen LogP contribution in [0.15, 0.2) is 42.5 Å². The third-order valence-electron chi connectivity index (χ3n) is 6.53. The van der Waals surface area contributed by atoms with Gasteiger partial charge in [0.15, 0.2) is 0 Å². The number of ether oxygens (including phenoxy) is 2.